The topological polar surface area (TPSA) is 122 Å². The zero-order valence-electron chi connectivity index (χ0n) is 16.6. The number of nitrogens with zero attached hydrogens (tertiary/aromatic N) is 2. The van der Waals surface area contributed by atoms with Crippen molar-refractivity contribution in [2.24, 2.45) is 5.14 Å². The number of urea groups is 1. The van der Waals surface area contributed by atoms with Gasteiger partial charge < -0.3 is 19.9 Å². The summed E-state index contributed by atoms with van der Waals surface area (Å²) in [4.78, 5) is 28.3. The third-order valence-electron chi connectivity index (χ3n) is 4.87. The second-order valence-corrected chi connectivity index (χ2v) is 8.45. The molecular weight excluding hydrogens is 408 g/mol. The van der Waals surface area contributed by atoms with E-state index in [0.717, 1.165) is 11.3 Å². The molecule has 3 N–H and O–H groups in total. The molecule has 0 atom stereocenters. The fraction of sp³-hybridized carbons (Fsp3) is 0.300. The van der Waals surface area contributed by atoms with E-state index in [9.17, 15) is 18.0 Å². The van der Waals surface area contributed by atoms with Crippen LogP contribution in [0, 0.1) is 0 Å². The largest absolute Gasteiger partial charge is 0.497 e. The number of carbonyl (C=O) groups excluding carboxylic acids is 2. The van der Waals surface area contributed by atoms with Gasteiger partial charge in [-0.3, -0.25) is 4.79 Å². The van der Waals surface area contributed by atoms with Crippen molar-refractivity contribution in [1.82, 2.24) is 9.80 Å². The summed E-state index contributed by atoms with van der Waals surface area (Å²) in [5.41, 5.74) is 1.37. The molecule has 3 amide bonds. The molecule has 1 fully saturated rings. The molecule has 3 rings (SSSR count). The van der Waals surface area contributed by atoms with Crippen molar-refractivity contribution in [3.8, 4) is 5.75 Å². The zero-order valence-corrected chi connectivity index (χ0v) is 17.4. The van der Waals surface area contributed by atoms with Gasteiger partial charge >= 0.3 is 6.03 Å². The molecule has 0 radical (unpaired) electrons. The van der Waals surface area contributed by atoms with Crippen LogP contribution in [-0.2, 0) is 21.2 Å². The molecule has 1 heterocycles. The normalized spacial score (nSPS) is 14.3. The number of rotatable bonds is 5. The average Bonchev–Trinajstić information content (AvgIpc) is 2.74. The summed E-state index contributed by atoms with van der Waals surface area (Å²) in [6.45, 7) is 1.73. The lowest BCUT2D eigenvalue weighted by atomic mass is 10.1. The van der Waals surface area contributed by atoms with Gasteiger partial charge in [-0.2, -0.15) is 0 Å². The molecule has 0 spiro atoms. The third kappa shape index (κ3) is 5.49. The lowest BCUT2D eigenvalue weighted by Crippen LogP contribution is -2.52. The zero-order chi connectivity index (χ0) is 21.7. The van der Waals surface area contributed by atoms with E-state index in [1.54, 1.807) is 16.9 Å². The second-order valence-electron chi connectivity index (χ2n) is 6.89. The van der Waals surface area contributed by atoms with E-state index in [1.165, 1.54) is 24.3 Å². The van der Waals surface area contributed by atoms with Crippen molar-refractivity contribution in [3.63, 3.8) is 0 Å². The Bertz CT molecular complexity index is 998. The molecular formula is C20H24N4O5S. The predicted octanol–water partition coefficient (Wildman–Crippen LogP) is 1.26. The Morgan fingerprint density at radius 3 is 2.07 bits per heavy atom. The Morgan fingerprint density at radius 2 is 1.53 bits per heavy atom. The average molecular weight is 433 g/mol. The maximum Gasteiger partial charge on any atom is 0.321 e. The molecule has 2 aromatic carbocycles. The molecule has 1 aliphatic rings. The number of hydrogen-bond acceptors (Lipinski definition) is 5. The van der Waals surface area contributed by atoms with Crippen LogP contribution in [0.3, 0.4) is 0 Å². The number of anilines is 1. The highest BCUT2D eigenvalue weighted by Crippen LogP contribution is 2.15. The van der Waals surface area contributed by atoms with Gasteiger partial charge in [0.05, 0.1) is 18.4 Å². The summed E-state index contributed by atoms with van der Waals surface area (Å²) in [5.74, 6) is 0.754. The monoisotopic (exact) mass is 432 g/mol. The number of primary sulfonamides is 1. The summed E-state index contributed by atoms with van der Waals surface area (Å²) in [6.07, 6.45) is 0.298. The number of carbonyl (C=O) groups is 2. The van der Waals surface area contributed by atoms with E-state index in [2.05, 4.69) is 5.32 Å². The molecule has 30 heavy (non-hydrogen) atoms. The van der Waals surface area contributed by atoms with Crippen molar-refractivity contribution in [2.75, 3.05) is 38.6 Å². The van der Waals surface area contributed by atoms with Gasteiger partial charge in [-0.15, -0.1) is 0 Å². The van der Waals surface area contributed by atoms with E-state index < -0.39 is 10.0 Å². The molecule has 10 heteroatoms. The number of nitrogens with one attached hydrogen (secondary N) is 1. The van der Waals surface area contributed by atoms with Crippen LogP contribution in [0.4, 0.5) is 10.5 Å². The second kappa shape index (κ2) is 9.14. The van der Waals surface area contributed by atoms with Crippen LogP contribution in [0.25, 0.3) is 0 Å². The quantitative estimate of drug-likeness (QED) is 0.737. The molecule has 2 aromatic rings. The Labute approximate surface area is 175 Å². The number of piperazine rings is 1. The number of methoxy groups -OCH3 is 1. The first kappa shape index (κ1) is 21.6. The summed E-state index contributed by atoms with van der Waals surface area (Å²) in [7, 11) is -2.18. The van der Waals surface area contributed by atoms with Crippen LogP contribution >= 0.6 is 0 Å². The van der Waals surface area contributed by atoms with E-state index >= 15 is 0 Å². The smallest absolute Gasteiger partial charge is 0.321 e. The summed E-state index contributed by atoms with van der Waals surface area (Å²) >= 11 is 0. The summed E-state index contributed by atoms with van der Waals surface area (Å²) < 4.78 is 27.7. The van der Waals surface area contributed by atoms with Crippen molar-refractivity contribution in [1.29, 1.82) is 0 Å². The van der Waals surface area contributed by atoms with Crippen LogP contribution in [0.2, 0.25) is 0 Å². The summed E-state index contributed by atoms with van der Waals surface area (Å²) in [5, 5.41) is 7.78. The fourth-order valence-electron chi connectivity index (χ4n) is 3.12. The molecule has 0 unspecified atom stereocenters. The van der Waals surface area contributed by atoms with Gasteiger partial charge in [-0.05, 0) is 42.0 Å². The van der Waals surface area contributed by atoms with Crippen molar-refractivity contribution in [2.45, 2.75) is 11.3 Å². The minimum Gasteiger partial charge on any atom is -0.497 e. The Balaban J connectivity index is 1.49. The predicted molar refractivity (Wildman–Crippen MR) is 112 cm³/mol. The number of ether oxygens (including phenoxy) is 1. The highest BCUT2D eigenvalue weighted by molar-refractivity contribution is 7.89. The number of nitrogens with two attached hydrogens (primary N) is 1. The minimum absolute atomic E-state index is 0.0128. The molecule has 0 aromatic heterocycles. The maximum absolute atomic E-state index is 12.5. The number of amides is 3. The van der Waals surface area contributed by atoms with Crippen molar-refractivity contribution in [3.05, 3.63) is 54.1 Å². The van der Waals surface area contributed by atoms with E-state index in [4.69, 9.17) is 9.88 Å². The summed E-state index contributed by atoms with van der Waals surface area (Å²) in [6, 6.07) is 12.7. The molecule has 9 nitrogen and oxygen atoms in total. The van der Waals surface area contributed by atoms with E-state index in [1.807, 2.05) is 24.3 Å². The number of benzene rings is 2. The number of sulfonamides is 1. The van der Waals surface area contributed by atoms with Gasteiger partial charge in [0.1, 0.15) is 5.75 Å². The fourth-order valence-corrected chi connectivity index (χ4v) is 3.63. The molecule has 0 aliphatic carbocycles. The van der Waals surface area contributed by atoms with Gasteiger partial charge in [0.2, 0.25) is 15.9 Å². The van der Waals surface area contributed by atoms with Gasteiger partial charge in [0.15, 0.2) is 0 Å². The van der Waals surface area contributed by atoms with Gasteiger partial charge in [-0.25, -0.2) is 18.4 Å². The van der Waals surface area contributed by atoms with E-state index in [-0.39, 0.29) is 16.8 Å². The minimum atomic E-state index is -3.78. The highest BCUT2D eigenvalue weighted by Gasteiger charge is 2.24. The maximum atomic E-state index is 12.5. The SMILES string of the molecule is COc1ccc(CC(=O)N2CCN(C(=O)Nc3ccc(S(N)(=O)=O)cc3)CC2)cc1. The Kier molecular flexibility index (Phi) is 6.58. The van der Waals surface area contributed by atoms with Crippen LogP contribution in [0.15, 0.2) is 53.4 Å². The van der Waals surface area contributed by atoms with Crippen LogP contribution in [0.5, 0.6) is 5.75 Å². The lowest BCUT2D eigenvalue weighted by molar-refractivity contribution is -0.131. The van der Waals surface area contributed by atoms with Crippen LogP contribution in [-0.4, -0.2) is 63.4 Å². The third-order valence-corrected chi connectivity index (χ3v) is 5.80. The highest BCUT2D eigenvalue weighted by atomic mass is 32.2. The van der Waals surface area contributed by atoms with Crippen LogP contribution < -0.4 is 15.2 Å². The van der Waals surface area contributed by atoms with Gasteiger partial charge in [0.25, 0.3) is 0 Å². The van der Waals surface area contributed by atoms with Gasteiger partial charge in [0, 0.05) is 31.9 Å². The first-order valence-electron chi connectivity index (χ1n) is 9.36. The van der Waals surface area contributed by atoms with Crippen LogP contribution in [0.1, 0.15) is 5.56 Å². The first-order valence-corrected chi connectivity index (χ1v) is 10.9. The molecule has 1 aliphatic heterocycles. The molecule has 160 valence electrons. The molecule has 0 bridgehead atoms. The molecule has 1 saturated heterocycles. The van der Waals surface area contributed by atoms with Crippen molar-refractivity contribution < 1.29 is 22.7 Å². The Hall–Kier alpha value is -3.11. The standard InChI is InChI=1S/C20H24N4O5S/c1-29-17-6-2-15(3-7-17)14-19(25)23-10-12-24(13-11-23)20(26)22-16-4-8-18(9-5-16)30(21,27)28/h2-9H,10-14H2,1H3,(H,22,26)(H2,21,27,28). The first-order chi connectivity index (χ1) is 14.3. The van der Waals surface area contributed by atoms with E-state index in [0.29, 0.717) is 38.3 Å². The van der Waals surface area contributed by atoms with Gasteiger partial charge in [-0.1, -0.05) is 12.1 Å². The Morgan fingerprint density at radius 1 is 0.967 bits per heavy atom. The van der Waals surface area contributed by atoms with Crippen molar-refractivity contribution >= 4 is 27.6 Å². The lowest BCUT2D eigenvalue weighted by Gasteiger charge is -2.34. The number of hydrogen-bond donors (Lipinski definition) is 2. The molecule has 0 saturated carbocycles.